The van der Waals surface area contributed by atoms with Crippen LogP contribution in [-0.4, -0.2) is 9.97 Å². The first kappa shape index (κ1) is 5.75. The van der Waals surface area contributed by atoms with Gasteiger partial charge in [-0.2, -0.15) is 0 Å². The van der Waals surface area contributed by atoms with Gasteiger partial charge in [0.2, 0.25) is 5.88 Å². The zero-order chi connectivity index (χ0) is 6.53. The summed E-state index contributed by atoms with van der Waals surface area (Å²) in [5.74, 6) is 0.410. The molecule has 0 fully saturated rings. The standard InChI is InChI=1S/C6H5N2O/c1-2-9-6-5-7-3-4-8-6/h3-5H,1H2. The van der Waals surface area contributed by atoms with Crippen LogP contribution in [-0.2, 0) is 0 Å². The lowest BCUT2D eigenvalue weighted by Crippen LogP contribution is -1.85. The summed E-state index contributed by atoms with van der Waals surface area (Å²) < 4.78 is 4.67. The van der Waals surface area contributed by atoms with E-state index in [2.05, 4.69) is 27.5 Å². The minimum absolute atomic E-state index is 0.410. The predicted molar refractivity (Wildman–Crippen MR) is 31.5 cm³/mol. The molecule has 0 N–H and O–H groups in total. The molecule has 0 spiro atoms. The van der Waals surface area contributed by atoms with Gasteiger partial charge in [-0.15, -0.1) is 0 Å². The van der Waals surface area contributed by atoms with Gasteiger partial charge in [-0.05, 0) is 0 Å². The van der Waals surface area contributed by atoms with Crippen LogP contribution in [0.4, 0.5) is 0 Å². The van der Waals surface area contributed by atoms with Crippen LogP contribution in [0.25, 0.3) is 0 Å². The van der Waals surface area contributed by atoms with Crippen molar-refractivity contribution in [2.45, 2.75) is 0 Å². The van der Waals surface area contributed by atoms with Crippen LogP contribution in [0.2, 0.25) is 0 Å². The molecule has 0 amide bonds. The number of hydrogen-bond acceptors (Lipinski definition) is 3. The second-order valence-corrected chi connectivity index (χ2v) is 1.29. The molecule has 0 bridgehead atoms. The van der Waals surface area contributed by atoms with Crippen LogP contribution in [0, 0.1) is 6.26 Å². The SMILES string of the molecule is C=[C]Oc1cnccn1. The molecule has 0 aliphatic heterocycles. The first-order valence-corrected chi connectivity index (χ1v) is 2.38. The van der Waals surface area contributed by atoms with Crippen molar-refractivity contribution in [3.63, 3.8) is 0 Å². The third kappa shape index (κ3) is 1.53. The maximum absolute atomic E-state index is 4.67. The topological polar surface area (TPSA) is 35.0 Å². The first-order chi connectivity index (χ1) is 4.43. The van der Waals surface area contributed by atoms with E-state index in [-0.39, 0.29) is 0 Å². The molecule has 0 unspecified atom stereocenters. The highest BCUT2D eigenvalue weighted by atomic mass is 16.5. The highest BCUT2D eigenvalue weighted by Gasteiger charge is 1.86. The molecule has 3 heteroatoms. The second kappa shape index (κ2) is 2.81. The summed E-state index contributed by atoms with van der Waals surface area (Å²) >= 11 is 0. The van der Waals surface area contributed by atoms with Crippen molar-refractivity contribution in [1.82, 2.24) is 9.97 Å². The van der Waals surface area contributed by atoms with Gasteiger partial charge in [-0.1, -0.05) is 6.58 Å². The molecule has 0 aliphatic carbocycles. The molecule has 0 aliphatic rings. The van der Waals surface area contributed by atoms with E-state index in [0.29, 0.717) is 5.88 Å². The fourth-order valence-electron chi connectivity index (χ4n) is 0.412. The van der Waals surface area contributed by atoms with Crippen LogP contribution in [0.5, 0.6) is 5.88 Å². The van der Waals surface area contributed by atoms with E-state index in [1.165, 1.54) is 12.4 Å². The quantitative estimate of drug-likeness (QED) is 0.543. The number of aromatic nitrogens is 2. The zero-order valence-corrected chi connectivity index (χ0v) is 4.74. The van der Waals surface area contributed by atoms with Crippen molar-refractivity contribution in [2.75, 3.05) is 0 Å². The Kier molecular flexibility index (Phi) is 1.80. The number of hydrogen-bond donors (Lipinski definition) is 0. The fraction of sp³-hybridized carbons (Fsp3) is 0. The van der Waals surface area contributed by atoms with Crippen LogP contribution in [0.1, 0.15) is 0 Å². The molecule has 1 radical (unpaired) electrons. The molecule has 1 aromatic rings. The molecular formula is C6H5N2O. The van der Waals surface area contributed by atoms with E-state index in [9.17, 15) is 0 Å². The van der Waals surface area contributed by atoms with Crippen LogP contribution in [0.3, 0.4) is 0 Å². The summed E-state index contributed by atoms with van der Waals surface area (Å²) in [5, 5.41) is 0. The maximum Gasteiger partial charge on any atom is 0.237 e. The lowest BCUT2D eigenvalue weighted by molar-refractivity contribution is 0.434. The molecule has 3 nitrogen and oxygen atoms in total. The smallest absolute Gasteiger partial charge is 0.237 e. The Balaban J connectivity index is 2.72. The Hall–Kier alpha value is -1.38. The summed E-state index contributed by atoms with van der Waals surface area (Å²) in [6.07, 6.45) is 6.82. The van der Waals surface area contributed by atoms with Gasteiger partial charge in [-0.3, -0.25) is 4.98 Å². The van der Waals surface area contributed by atoms with Gasteiger partial charge in [0.15, 0.2) is 6.26 Å². The summed E-state index contributed by atoms with van der Waals surface area (Å²) in [4.78, 5) is 7.53. The molecule has 0 atom stereocenters. The molecule has 0 saturated carbocycles. The minimum atomic E-state index is 0.410. The van der Waals surface area contributed by atoms with Crippen LogP contribution >= 0.6 is 0 Å². The van der Waals surface area contributed by atoms with E-state index in [1.54, 1.807) is 6.20 Å². The first-order valence-electron chi connectivity index (χ1n) is 2.38. The third-order valence-electron chi connectivity index (χ3n) is 0.716. The Morgan fingerprint density at radius 1 is 1.56 bits per heavy atom. The molecular weight excluding hydrogens is 116 g/mol. The Morgan fingerprint density at radius 3 is 3.00 bits per heavy atom. The van der Waals surface area contributed by atoms with Crippen molar-refractivity contribution in [3.05, 3.63) is 31.4 Å². The van der Waals surface area contributed by atoms with Crippen molar-refractivity contribution in [2.24, 2.45) is 0 Å². The molecule has 1 heterocycles. The van der Waals surface area contributed by atoms with Crippen molar-refractivity contribution < 1.29 is 4.74 Å². The molecule has 1 rings (SSSR count). The molecule has 1 aromatic heterocycles. The lowest BCUT2D eigenvalue weighted by Gasteiger charge is -1.91. The molecule has 45 valence electrons. The van der Waals surface area contributed by atoms with E-state index >= 15 is 0 Å². The molecule has 0 aromatic carbocycles. The third-order valence-corrected chi connectivity index (χ3v) is 0.716. The lowest BCUT2D eigenvalue weighted by atomic mass is 10.7. The number of rotatable bonds is 2. The van der Waals surface area contributed by atoms with Gasteiger partial charge in [0, 0.05) is 12.4 Å². The summed E-state index contributed by atoms with van der Waals surface area (Å²) in [7, 11) is 0. The maximum atomic E-state index is 4.67. The summed E-state index contributed by atoms with van der Waals surface area (Å²) in [6.45, 7) is 3.24. The van der Waals surface area contributed by atoms with Crippen LogP contribution in [0.15, 0.2) is 25.2 Å². The Labute approximate surface area is 53.0 Å². The summed E-state index contributed by atoms with van der Waals surface area (Å²) in [6, 6.07) is 0. The van der Waals surface area contributed by atoms with E-state index in [0.717, 1.165) is 0 Å². The van der Waals surface area contributed by atoms with Gasteiger partial charge in [0.1, 0.15) is 0 Å². The van der Waals surface area contributed by atoms with E-state index in [1.807, 2.05) is 0 Å². The highest BCUT2D eigenvalue weighted by Crippen LogP contribution is 1.98. The molecule has 9 heavy (non-hydrogen) atoms. The average molecular weight is 121 g/mol. The van der Waals surface area contributed by atoms with Crippen molar-refractivity contribution >= 4 is 0 Å². The van der Waals surface area contributed by atoms with Gasteiger partial charge in [-0.25, -0.2) is 4.98 Å². The highest BCUT2D eigenvalue weighted by molar-refractivity contribution is 5.01. The predicted octanol–water partition coefficient (Wildman–Crippen LogP) is 0.802. The van der Waals surface area contributed by atoms with Crippen molar-refractivity contribution in [1.29, 1.82) is 0 Å². The van der Waals surface area contributed by atoms with Crippen molar-refractivity contribution in [3.8, 4) is 5.88 Å². The Bertz CT molecular complexity index is 186. The molecule has 0 saturated heterocycles. The van der Waals surface area contributed by atoms with Crippen LogP contribution < -0.4 is 4.74 Å². The number of nitrogens with zero attached hydrogens (tertiary/aromatic N) is 2. The Morgan fingerprint density at radius 2 is 2.44 bits per heavy atom. The summed E-state index contributed by atoms with van der Waals surface area (Å²) in [5.41, 5.74) is 0. The minimum Gasteiger partial charge on any atom is -0.434 e. The number of ether oxygens (including phenoxy) is 1. The van der Waals surface area contributed by atoms with Gasteiger partial charge < -0.3 is 4.74 Å². The normalized spacial score (nSPS) is 8.44. The monoisotopic (exact) mass is 121 g/mol. The van der Waals surface area contributed by atoms with E-state index < -0.39 is 0 Å². The zero-order valence-electron chi connectivity index (χ0n) is 4.74. The van der Waals surface area contributed by atoms with Gasteiger partial charge in [0.05, 0.1) is 6.20 Å². The average Bonchev–Trinajstić information content (AvgIpc) is 1.91. The van der Waals surface area contributed by atoms with Gasteiger partial charge >= 0.3 is 0 Å². The van der Waals surface area contributed by atoms with E-state index in [4.69, 9.17) is 0 Å². The largest absolute Gasteiger partial charge is 0.434 e. The fourth-order valence-corrected chi connectivity index (χ4v) is 0.412. The van der Waals surface area contributed by atoms with Gasteiger partial charge in [0.25, 0.3) is 0 Å². The second-order valence-electron chi connectivity index (χ2n) is 1.29.